The molecule has 0 aromatic carbocycles. The molecule has 6 heteroatoms. The Labute approximate surface area is 450 Å². The lowest BCUT2D eigenvalue weighted by molar-refractivity contribution is -0.143. The number of aliphatic hydroxyl groups excluding tert-OH is 2. The van der Waals surface area contributed by atoms with Crippen LogP contribution in [0.1, 0.15) is 361 Å². The van der Waals surface area contributed by atoms with Gasteiger partial charge in [-0.2, -0.15) is 0 Å². The maximum Gasteiger partial charge on any atom is 0.305 e. The lowest BCUT2D eigenvalue weighted by atomic mass is 10.0. The Bertz CT molecular complexity index is 1120. The van der Waals surface area contributed by atoms with Gasteiger partial charge in [-0.15, -0.1) is 0 Å². The smallest absolute Gasteiger partial charge is 0.305 e. The van der Waals surface area contributed by atoms with Gasteiger partial charge >= 0.3 is 5.97 Å². The second-order valence-electron chi connectivity index (χ2n) is 22.5. The van der Waals surface area contributed by atoms with Crippen molar-refractivity contribution in [2.24, 2.45) is 0 Å². The monoisotopic (exact) mass is 1010 g/mol. The van der Waals surface area contributed by atoms with Crippen molar-refractivity contribution in [3.63, 3.8) is 0 Å². The topological polar surface area (TPSA) is 95.9 Å². The molecule has 2 unspecified atom stereocenters. The van der Waals surface area contributed by atoms with Crippen LogP contribution in [0.25, 0.3) is 0 Å². The summed E-state index contributed by atoms with van der Waals surface area (Å²) in [6, 6.07) is -0.553. The van der Waals surface area contributed by atoms with Gasteiger partial charge in [-0.1, -0.05) is 314 Å². The summed E-state index contributed by atoms with van der Waals surface area (Å²) >= 11 is 0. The molecule has 0 heterocycles. The Morgan fingerprint density at radius 3 is 1.08 bits per heavy atom. The Morgan fingerprint density at radius 1 is 0.389 bits per heavy atom. The second kappa shape index (κ2) is 61.9. The maximum absolute atomic E-state index is 12.5. The first-order valence-corrected chi connectivity index (χ1v) is 32.6. The van der Waals surface area contributed by atoms with E-state index in [2.05, 4.69) is 43.5 Å². The van der Waals surface area contributed by atoms with E-state index in [1.54, 1.807) is 0 Å². The minimum atomic E-state index is -0.675. The molecule has 0 aliphatic rings. The van der Waals surface area contributed by atoms with Crippen LogP contribution in [-0.2, 0) is 14.3 Å². The first kappa shape index (κ1) is 70.3. The molecule has 0 aromatic heterocycles. The fraction of sp³-hybridized carbons (Fsp3) is 0.909. The zero-order valence-electron chi connectivity index (χ0n) is 48.7. The molecule has 1 amide bonds. The number of unbranched alkanes of at least 4 members (excludes halogenated alkanes) is 46. The molecule has 0 rings (SSSR count). The molecule has 0 aliphatic carbocycles. The number of carbonyl (C=O) groups excluding carboxylic acids is 2. The summed E-state index contributed by atoms with van der Waals surface area (Å²) in [5, 5.41) is 23.4. The molecule has 0 saturated heterocycles. The van der Waals surface area contributed by atoms with Crippen LogP contribution in [0.2, 0.25) is 0 Å². The van der Waals surface area contributed by atoms with Crippen molar-refractivity contribution in [2.45, 2.75) is 373 Å². The first-order valence-electron chi connectivity index (χ1n) is 32.6. The lowest BCUT2D eigenvalue weighted by Gasteiger charge is -2.22. The lowest BCUT2D eigenvalue weighted by Crippen LogP contribution is -2.45. The normalized spacial score (nSPS) is 12.7. The van der Waals surface area contributed by atoms with E-state index in [1.165, 1.54) is 270 Å². The standard InChI is InChI=1S/C66H127NO5/c1-3-5-7-9-11-13-15-17-19-21-23-24-25-26-28-29-31-34-38-42-46-50-54-58-64(69)63(62-68)67-65(70)59-55-51-47-43-39-35-33-37-41-45-49-53-57-61-72-66(71)60-56-52-48-44-40-36-32-30-27-22-20-18-16-14-12-10-8-6-4-2/h12,14,18,20,63-64,68-69H,3-11,13,15-17,19,21-62H2,1-2H3,(H,67,70)/b14-12-,20-18-. The van der Waals surface area contributed by atoms with Crippen molar-refractivity contribution >= 4 is 11.9 Å². The highest BCUT2D eigenvalue weighted by atomic mass is 16.5. The Kier molecular flexibility index (Phi) is 60.5. The molecule has 0 aromatic rings. The minimum absolute atomic E-state index is 0.00793. The van der Waals surface area contributed by atoms with Crippen LogP contribution < -0.4 is 5.32 Å². The molecule has 0 saturated carbocycles. The van der Waals surface area contributed by atoms with Crippen molar-refractivity contribution in [3.05, 3.63) is 24.3 Å². The van der Waals surface area contributed by atoms with Gasteiger partial charge in [0.25, 0.3) is 0 Å². The number of amides is 1. The molecule has 6 nitrogen and oxygen atoms in total. The Balaban J connectivity index is 3.43. The second-order valence-corrected chi connectivity index (χ2v) is 22.5. The molecule has 2 atom stereocenters. The van der Waals surface area contributed by atoms with E-state index < -0.39 is 12.1 Å². The molecular formula is C66H127NO5. The van der Waals surface area contributed by atoms with Crippen LogP contribution in [-0.4, -0.2) is 47.4 Å². The fourth-order valence-electron chi connectivity index (χ4n) is 10.3. The van der Waals surface area contributed by atoms with Crippen molar-refractivity contribution in [1.29, 1.82) is 0 Å². The Morgan fingerprint density at radius 2 is 0.694 bits per heavy atom. The summed E-state index contributed by atoms with van der Waals surface area (Å²) in [5.41, 5.74) is 0. The number of hydrogen-bond donors (Lipinski definition) is 3. The summed E-state index contributed by atoms with van der Waals surface area (Å²) in [6.45, 7) is 4.93. The average Bonchev–Trinajstić information content (AvgIpc) is 3.38. The number of esters is 1. The molecule has 72 heavy (non-hydrogen) atoms. The van der Waals surface area contributed by atoms with E-state index >= 15 is 0 Å². The minimum Gasteiger partial charge on any atom is -0.466 e. The summed E-state index contributed by atoms with van der Waals surface area (Å²) in [6.07, 6.45) is 76.1. The van der Waals surface area contributed by atoms with Crippen LogP contribution in [0.3, 0.4) is 0 Å². The summed E-state index contributed by atoms with van der Waals surface area (Å²) < 4.78 is 5.49. The van der Waals surface area contributed by atoms with E-state index in [9.17, 15) is 19.8 Å². The van der Waals surface area contributed by atoms with Gasteiger partial charge in [-0.05, 0) is 57.8 Å². The van der Waals surface area contributed by atoms with Crippen LogP contribution in [0, 0.1) is 0 Å². The van der Waals surface area contributed by atoms with Crippen molar-refractivity contribution < 1.29 is 24.5 Å². The van der Waals surface area contributed by atoms with E-state index in [1.807, 2.05) is 0 Å². The number of ether oxygens (including phenoxy) is 1. The molecular weight excluding hydrogens is 887 g/mol. The van der Waals surface area contributed by atoms with Gasteiger partial charge in [0.2, 0.25) is 5.91 Å². The van der Waals surface area contributed by atoms with Gasteiger partial charge in [-0.3, -0.25) is 9.59 Å². The largest absolute Gasteiger partial charge is 0.466 e. The maximum atomic E-state index is 12.5. The highest BCUT2D eigenvalue weighted by Crippen LogP contribution is 2.18. The SMILES string of the molecule is CCCCC/C=C\C/C=C\CCCCCCCCCCCC(=O)OCCCCCCCCCCCCCCCC(=O)NC(CO)C(O)CCCCCCCCCCCCCCCCCCCCCCCCC. The summed E-state index contributed by atoms with van der Waals surface area (Å²) in [5.74, 6) is -0.0519. The quantitative estimate of drug-likeness (QED) is 0.0320. The molecule has 0 aliphatic heterocycles. The van der Waals surface area contributed by atoms with Crippen molar-refractivity contribution in [1.82, 2.24) is 5.32 Å². The van der Waals surface area contributed by atoms with Crippen LogP contribution in [0.4, 0.5) is 0 Å². The summed E-state index contributed by atoms with van der Waals surface area (Å²) in [4.78, 5) is 24.6. The number of aliphatic hydroxyl groups is 2. The van der Waals surface area contributed by atoms with Crippen LogP contribution in [0.15, 0.2) is 24.3 Å². The van der Waals surface area contributed by atoms with Crippen molar-refractivity contribution in [2.75, 3.05) is 13.2 Å². The zero-order valence-corrected chi connectivity index (χ0v) is 48.7. The van der Waals surface area contributed by atoms with Gasteiger partial charge in [0.1, 0.15) is 0 Å². The number of rotatable bonds is 61. The third-order valence-corrected chi connectivity index (χ3v) is 15.3. The van der Waals surface area contributed by atoms with Gasteiger partial charge in [0.15, 0.2) is 0 Å². The van der Waals surface area contributed by atoms with E-state index in [0.29, 0.717) is 25.9 Å². The van der Waals surface area contributed by atoms with Gasteiger partial charge in [-0.25, -0.2) is 0 Å². The molecule has 0 fully saturated rings. The summed E-state index contributed by atoms with van der Waals surface area (Å²) in [7, 11) is 0. The van der Waals surface area contributed by atoms with E-state index in [4.69, 9.17) is 4.74 Å². The molecule has 3 N–H and O–H groups in total. The highest BCUT2D eigenvalue weighted by Gasteiger charge is 2.20. The van der Waals surface area contributed by atoms with Gasteiger partial charge in [0.05, 0.1) is 25.4 Å². The molecule has 0 spiro atoms. The predicted octanol–water partition coefficient (Wildman–Crippen LogP) is 20.6. The van der Waals surface area contributed by atoms with E-state index in [0.717, 1.165) is 57.8 Å². The first-order chi connectivity index (χ1) is 35.5. The third kappa shape index (κ3) is 57.6. The predicted molar refractivity (Wildman–Crippen MR) is 315 cm³/mol. The van der Waals surface area contributed by atoms with Gasteiger partial charge in [0, 0.05) is 12.8 Å². The number of nitrogens with one attached hydrogen (secondary N) is 1. The van der Waals surface area contributed by atoms with E-state index in [-0.39, 0.29) is 18.5 Å². The molecule has 0 radical (unpaired) electrons. The number of carbonyl (C=O) groups is 2. The molecule has 0 bridgehead atoms. The number of hydrogen-bond acceptors (Lipinski definition) is 5. The highest BCUT2D eigenvalue weighted by molar-refractivity contribution is 5.76. The zero-order chi connectivity index (χ0) is 52.2. The average molecular weight is 1010 g/mol. The fourth-order valence-corrected chi connectivity index (χ4v) is 10.3. The van der Waals surface area contributed by atoms with Gasteiger partial charge < -0.3 is 20.3 Å². The van der Waals surface area contributed by atoms with Crippen LogP contribution >= 0.6 is 0 Å². The van der Waals surface area contributed by atoms with Crippen LogP contribution in [0.5, 0.6) is 0 Å². The Hall–Kier alpha value is -1.66. The third-order valence-electron chi connectivity index (χ3n) is 15.3. The number of allylic oxidation sites excluding steroid dienone is 4. The van der Waals surface area contributed by atoms with Crippen molar-refractivity contribution in [3.8, 4) is 0 Å². The molecule has 426 valence electrons.